The predicted molar refractivity (Wildman–Crippen MR) is 82.9 cm³/mol. The van der Waals surface area contributed by atoms with Gasteiger partial charge in [0.15, 0.2) is 0 Å². The molecule has 0 aromatic heterocycles. The van der Waals surface area contributed by atoms with E-state index in [2.05, 4.69) is 5.32 Å². The Morgan fingerprint density at radius 2 is 2.00 bits per heavy atom. The topological polar surface area (TPSA) is 99.0 Å². The molecule has 0 fully saturated rings. The molecule has 0 aliphatic heterocycles. The third-order valence-electron chi connectivity index (χ3n) is 2.77. The highest BCUT2D eigenvalue weighted by Crippen LogP contribution is 2.29. The molecule has 6 nitrogen and oxygen atoms in total. The molecule has 0 aliphatic rings. The number of hydrogen-bond donors (Lipinski definition) is 4. The fourth-order valence-corrected chi connectivity index (χ4v) is 1.99. The number of nitrogens with one attached hydrogen (secondary N) is 1. The second kappa shape index (κ2) is 7.67. The van der Waals surface area contributed by atoms with Gasteiger partial charge in [0.05, 0.1) is 6.10 Å². The Labute approximate surface area is 134 Å². The minimum absolute atomic E-state index is 0.0578. The molecule has 2 atom stereocenters. The number of aliphatic hydroxyl groups excluding tert-OH is 2. The van der Waals surface area contributed by atoms with E-state index in [1.165, 1.54) is 18.2 Å². The zero-order chi connectivity index (χ0) is 16.9. The van der Waals surface area contributed by atoms with E-state index < -0.39 is 23.9 Å². The number of carbonyl (C=O) groups excluding carboxylic acids is 1. The van der Waals surface area contributed by atoms with Crippen LogP contribution < -0.4 is 5.32 Å². The first kappa shape index (κ1) is 18.5. The first-order valence-electron chi connectivity index (χ1n) is 6.91. The third-order valence-corrected chi connectivity index (χ3v) is 3.12. The molecule has 0 saturated carbocycles. The molecule has 0 radical (unpaired) electrons. The van der Waals surface area contributed by atoms with E-state index in [0.29, 0.717) is 0 Å². The summed E-state index contributed by atoms with van der Waals surface area (Å²) in [6.45, 7) is 5.36. The molecule has 2 unspecified atom stereocenters. The van der Waals surface area contributed by atoms with Crippen LogP contribution in [0.25, 0.3) is 0 Å². The quantitative estimate of drug-likeness (QED) is 0.664. The van der Waals surface area contributed by atoms with Crippen LogP contribution >= 0.6 is 11.6 Å². The van der Waals surface area contributed by atoms with Gasteiger partial charge in [-0.2, -0.15) is 0 Å². The van der Waals surface area contributed by atoms with E-state index in [1.54, 1.807) is 20.8 Å². The zero-order valence-corrected chi connectivity index (χ0v) is 13.6. The number of ether oxygens (including phenoxy) is 1. The van der Waals surface area contributed by atoms with Crippen LogP contribution in [0, 0.1) is 0 Å². The number of phenols is 1. The molecule has 4 N–H and O–H groups in total. The summed E-state index contributed by atoms with van der Waals surface area (Å²) in [6.07, 6.45) is -2.90. The second-order valence-corrected chi connectivity index (χ2v) is 6.34. The normalized spacial score (nSPS) is 14.3. The SMILES string of the molecule is CC(C)(C)OC(=O)NCCC(O)C(O)c1cc(O)ccc1Cl. The van der Waals surface area contributed by atoms with Gasteiger partial charge in [-0.25, -0.2) is 4.79 Å². The molecule has 0 bridgehead atoms. The van der Waals surface area contributed by atoms with Crippen LogP contribution in [-0.2, 0) is 4.74 Å². The van der Waals surface area contributed by atoms with Crippen molar-refractivity contribution >= 4 is 17.7 Å². The van der Waals surface area contributed by atoms with Crippen LogP contribution in [0.2, 0.25) is 5.02 Å². The Hall–Kier alpha value is -1.50. The standard InChI is InChI=1S/C15H22ClNO5/c1-15(2,3)22-14(21)17-7-6-12(19)13(20)10-8-9(18)4-5-11(10)16/h4-5,8,12-13,18-20H,6-7H2,1-3H3,(H,17,21). The van der Waals surface area contributed by atoms with Crippen molar-refractivity contribution in [2.75, 3.05) is 6.54 Å². The Morgan fingerprint density at radius 3 is 2.59 bits per heavy atom. The highest BCUT2D eigenvalue weighted by Gasteiger charge is 2.22. The van der Waals surface area contributed by atoms with Gasteiger partial charge in [-0.05, 0) is 45.4 Å². The van der Waals surface area contributed by atoms with E-state index in [9.17, 15) is 20.1 Å². The van der Waals surface area contributed by atoms with Gasteiger partial charge >= 0.3 is 6.09 Å². The van der Waals surface area contributed by atoms with E-state index in [1.807, 2.05) is 0 Å². The van der Waals surface area contributed by atoms with Gasteiger partial charge in [0.1, 0.15) is 17.5 Å². The molecule has 1 rings (SSSR count). The van der Waals surface area contributed by atoms with Gasteiger partial charge < -0.3 is 25.4 Å². The molecule has 0 heterocycles. The Kier molecular flexibility index (Phi) is 6.47. The molecular formula is C15H22ClNO5. The van der Waals surface area contributed by atoms with Crippen molar-refractivity contribution in [2.45, 2.75) is 45.0 Å². The molecule has 0 spiro atoms. The fourth-order valence-electron chi connectivity index (χ4n) is 1.76. The van der Waals surface area contributed by atoms with Crippen molar-refractivity contribution in [1.29, 1.82) is 0 Å². The van der Waals surface area contributed by atoms with Crippen LogP contribution in [0.15, 0.2) is 18.2 Å². The molecule has 1 aromatic rings. The van der Waals surface area contributed by atoms with Crippen LogP contribution in [0.5, 0.6) is 5.75 Å². The lowest BCUT2D eigenvalue weighted by molar-refractivity contribution is 0.0123. The van der Waals surface area contributed by atoms with Crippen molar-refractivity contribution in [2.24, 2.45) is 0 Å². The first-order valence-corrected chi connectivity index (χ1v) is 7.29. The lowest BCUT2D eigenvalue weighted by atomic mass is 10.0. The summed E-state index contributed by atoms with van der Waals surface area (Å²) in [6, 6.07) is 4.10. The Bertz CT molecular complexity index is 515. The van der Waals surface area contributed by atoms with Gasteiger partial charge in [0.2, 0.25) is 0 Å². The molecule has 124 valence electrons. The largest absolute Gasteiger partial charge is 0.508 e. The van der Waals surface area contributed by atoms with Gasteiger partial charge in [0.25, 0.3) is 0 Å². The molecular weight excluding hydrogens is 310 g/mol. The van der Waals surface area contributed by atoms with Crippen LogP contribution in [-0.4, -0.2) is 39.7 Å². The molecule has 0 aliphatic carbocycles. The van der Waals surface area contributed by atoms with Gasteiger partial charge in [-0.1, -0.05) is 11.6 Å². The summed E-state index contributed by atoms with van der Waals surface area (Å²) in [5.74, 6) is -0.0578. The minimum atomic E-state index is -1.26. The summed E-state index contributed by atoms with van der Waals surface area (Å²) < 4.78 is 5.05. The highest BCUT2D eigenvalue weighted by molar-refractivity contribution is 6.31. The number of phenolic OH excluding ortho intramolecular Hbond substituents is 1. The number of benzene rings is 1. The van der Waals surface area contributed by atoms with E-state index in [0.717, 1.165) is 0 Å². The summed E-state index contributed by atoms with van der Waals surface area (Å²) in [4.78, 5) is 11.4. The van der Waals surface area contributed by atoms with Crippen LogP contribution in [0.4, 0.5) is 4.79 Å². The highest BCUT2D eigenvalue weighted by atomic mass is 35.5. The van der Waals surface area contributed by atoms with Crippen LogP contribution in [0.1, 0.15) is 38.9 Å². The number of rotatable bonds is 5. The van der Waals surface area contributed by atoms with Crippen molar-refractivity contribution in [3.05, 3.63) is 28.8 Å². The van der Waals surface area contributed by atoms with Crippen LogP contribution in [0.3, 0.4) is 0 Å². The smallest absolute Gasteiger partial charge is 0.407 e. The summed E-state index contributed by atoms with van der Waals surface area (Å²) in [7, 11) is 0. The predicted octanol–water partition coefficient (Wildman–Crippen LogP) is 2.35. The molecule has 1 aromatic carbocycles. The summed E-state index contributed by atoms with van der Waals surface area (Å²) in [5.41, 5.74) is -0.372. The average Bonchev–Trinajstić information content (AvgIpc) is 2.38. The third kappa shape index (κ3) is 6.09. The number of carbonyl (C=O) groups is 1. The lowest BCUT2D eigenvalue weighted by Gasteiger charge is -2.21. The van der Waals surface area contributed by atoms with Crippen molar-refractivity contribution in [3.8, 4) is 5.75 Å². The fraction of sp³-hybridized carbons (Fsp3) is 0.533. The number of alkyl carbamates (subject to hydrolysis) is 1. The number of aromatic hydroxyl groups is 1. The molecule has 1 amide bonds. The maximum Gasteiger partial charge on any atom is 0.407 e. The number of halogens is 1. The minimum Gasteiger partial charge on any atom is -0.508 e. The van der Waals surface area contributed by atoms with E-state index in [4.69, 9.17) is 16.3 Å². The van der Waals surface area contributed by atoms with Gasteiger partial charge in [-0.15, -0.1) is 0 Å². The Morgan fingerprint density at radius 1 is 1.36 bits per heavy atom. The Balaban J connectivity index is 2.50. The first-order chi connectivity index (χ1) is 10.1. The number of amides is 1. The lowest BCUT2D eigenvalue weighted by Crippen LogP contribution is -2.34. The maximum absolute atomic E-state index is 11.4. The zero-order valence-electron chi connectivity index (χ0n) is 12.8. The average molecular weight is 332 g/mol. The van der Waals surface area contributed by atoms with Crippen molar-refractivity contribution in [1.82, 2.24) is 5.32 Å². The monoisotopic (exact) mass is 331 g/mol. The van der Waals surface area contributed by atoms with Crippen molar-refractivity contribution in [3.63, 3.8) is 0 Å². The van der Waals surface area contributed by atoms with Gasteiger partial charge in [0, 0.05) is 17.1 Å². The molecule has 22 heavy (non-hydrogen) atoms. The van der Waals surface area contributed by atoms with E-state index in [-0.39, 0.29) is 29.3 Å². The van der Waals surface area contributed by atoms with Gasteiger partial charge in [-0.3, -0.25) is 0 Å². The molecule has 0 saturated heterocycles. The number of aliphatic hydroxyl groups is 2. The van der Waals surface area contributed by atoms with E-state index >= 15 is 0 Å². The summed E-state index contributed by atoms with van der Waals surface area (Å²) >= 11 is 5.92. The maximum atomic E-state index is 11.4. The van der Waals surface area contributed by atoms with Crippen molar-refractivity contribution < 1.29 is 24.9 Å². The summed E-state index contributed by atoms with van der Waals surface area (Å²) in [5, 5.41) is 32.1. The number of hydrogen-bond acceptors (Lipinski definition) is 5. The second-order valence-electron chi connectivity index (χ2n) is 5.94. The molecule has 7 heteroatoms.